The van der Waals surface area contributed by atoms with E-state index < -0.39 is 10.0 Å². The predicted molar refractivity (Wildman–Crippen MR) is 108 cm³/mol. The number of nitrogens with zero attached hydrogens (tertiary/aromatic N) is 1. The molecule has 144 valence electrons. The van der Waals surface area contributed by atoms with Gasteiger partial charge in [-0.25, -0.2) is 8.42 Å². The molecule has 0 spiro atoms. The summed E-state index contributed by atoms with van der Waals surface area (Å²) in [7, 11) is -3.24. The molecular formula is C21H26N2O3S. The molecule has 5 nitrogen and oxygen atoms in total. The zero-order valence-electron chi connectivity index (χ0n) is 15.8. The third-order valence-electron chi connectivity index (χ3n) is 5.04. The molecule has 1 aliphatic rings. The first kappa shape index (κ1) is 19.4. The molecule has 0 aromatic heterocycles. The second kappa shape index (κ2) is 8.13. The van der Waals surface area contributed by atoms with Crippen molar-refractivity contribution in [3.63, 3.8) is 0 Å². The van der Waals surface area contributed by atoms with Crippen molar-refractivity contribution in [2.75, 3.05) is 16.6 Å². The van der Waals surface area contributed by atoms with Gasteiger partial charge in [0.05, 0.1) is 17.5 Å². The minimum atomic E-state index is -3.24. The van der Waals surface area contributed by atoms with Crippen LogP contribution >= 0.6 is 0 Å². The molecule has 2 aromatic rings. The fraction of sp³-hybridized carbons (Fsp3) is 0.381. The Morgan fingerprint density at radius 2 is 1.81 bits per heavy atom. The molecule has 1 saturated heterocycles. The van der Waals surface area contributed by atoms with E-state index in [1.54, 1.807) is 24.3 Å². The van der Waals surface area contributed by atoms with Crippen molar-refractivity contribution >= 4 is 21.6 Å². The fourth-order valence-electron chi connectivity index (χ4n) is 3.48. The summed E-state index contributed by atoms with van der Waals surface area (Å²) in [6.07, 6.45) is 2.35. The highest BCUT2D eigenvalue weighted by Gasteiger charge is 2.26. The highest BCUT2D eigenvalue weighted by Crippen LogP contribution is 2.25. The number of benzene rings is 2. The van der Waals surface area contributed by atoms with Crippen LogP contribution < -0.4 is 9.62 Å². The van der Waals surface area contributed by atoms with Gasteiger partial charge in [0.15, 0.2) is 0 Å². The van der Waals surface area contributed by atoms with Gasteiger partial charge in [0.1, 0.15) is 0 Å². The molecule has 2 aromatic carbocycles. The lowest BCUT2D eigenvalue weighted by molar-refractivity contribution is 0.0935. The van der Waals surface area contributed by atoms with Gasteiger partial charge in [0.2, 0.25) is 10.0 Å². The van der Waals surface area contributed by atoms with Crippen molar-refractivity contribution in [2.24, 2.45) is 0 Å². The monoisotopic (exact) mass is 386 g/mol. The van der Waals surface area contributed by atoms with E-state index in [-0.39, 0.29) is 17.7 Å². The van der Waals surface area contributed by atoms with Crippen molar-refractivity contribution in [1.82, 2.24) is 5.32 Å². The number of carbonyl (C=O) groups excluding carboxylic acids is 1. The Morgan fingerprint density at radius 1 is 1.11 bits per heavy atom. The number of hydrogen-bond acceptors (Lipinski definition) is 3. The molecule has 6 heteroatoms. The molecular weight excluding hydrogens is 360 g/mol. The summed E-state index contributed by atoms with van der Waals surface area (Å²) in [5, 5.41) is 3.08. The van der Waals surface area contributed by atoms with Crippen LogP contribution in [0.2, 0.25) is 0 Å². The van der Waals surface area contributed by atoms with Crippen LogP contribution in [0.25, 0.3) is 0 Å². The van der Waals surface area contributed by atoms with Gasteiger partial charge < -0.3 is 5.32 Å². The number of rotatable bonds is 5. The summed E-state index contributed by atoms with van der Waals surface area (Å²) in [5.74, 6) is 0.0299. The van der Waals surface area contributed by atoms with Gasteiger partial charge in [-0.2, -0.15) is 0 Å². The van der Waals surface area contributed by atoms with Crippen molar-refractivity contribution in [3.05, 3.63) is 65.2 Å². The van der Waals surface area contributed by atoms with Gasteiger partial charge >= 0.3 is 0 Å². The minimum absolute atomic E-state index is 0.0548. The number of sulfonamides is 1. The van der Waals surface area contributed by atoms with Crippen LogP contribution in [0.1, 0.15) is 53.7 Å². The zero-order chi connectivity index (χ0) is 19.4. The molecule has 1 N–H and O–H groups in total. The van der Waals surface area contributed by atoms with Crippen LogP contribution in [0, 0.1) is 6.92 Å². The molecule has 0 radical (unpaired) electrons. The molecule has 1 amide bonds. The zero-order valence-corrected chi connectivity index (χ0v) is 16.6. The Bertz CT molecular complexity index is 907. The summed E-state index contributed by atoms with van der Waals surface area (Å²) in [6, 6.07) is 14.8. The number of aryl methyl sites for hydroxylation is 1. The molecule has 1 aliphatic heterocycles. The minimum Gasteiger partial charge on any atom is -0.345 e. The van der Waals surface area contributed by atoms with Crippen molar-refractivity contribution in [2.45, 2.75) is 39.2 Å². The van der Waals surface area contributed by atoms with Crippen LogP contribution in [0.3, 0.4) is 0 Å². The Balaban J connectivity index is 1.75. The van der Waals surface area contributed by atoms with Gasteiger partial charge in [-0.1, -0.05) is 31.2 Å². The summed E-state index contributed by atoms with van der Waals surface area (Å²) in [6.45, 7) is 4.58. The van der Waals surface area contributed by atoms with Crippen molar-refractivity contribution < 1.29 is 13.2 Å². The molecule has 1 unspecified atom stereocenters. The third kappa shape index (κ3) is 4.33. The lowest BCUT2D eigenvalue weighted by Gasteiger charge is -2.28. The van der Waals surface area contributed by atoms with Crippen molar-refractivity contribution in [1.29, 1.82) is 0 Å². The first-order valence-corrected chi connectivity index (χ1v) is 11.0. The maximum absolute atomic E-state index is 12.7. The molecule has 0 bridgehead atoms. The lowest BCUT2D eigenvalue weighted by Crippen LogP contribution is -2.37. The van der Waals surface area contributed by atoms with E-state index in [9.17, 15) is 13.2 Å². The number of carbonyl (C=O) groups is 1. The van der Waals surface area contributed by atoms with Gasteiger partial charge in [-0.05, 0) is 61.6 Å². The van der Waals surface area contributed by atoms with Gasteiger partial charge in [0, 0.05) is 12.1 Å². The number of hydrogen-bond donors (Lipinski definition) is 1. The van der Waals surface area contributed by atoms with E-state index >= 15 is 0 Å². The highest BCUT2D eigenvalue weighted by atomic mass is 32.2. The smallest absolute Gasteiger partial charge is 0.251 e. The molecule has 1 fully saturated rings. The Labute approximate surface area is 161 Å². The summed E-state index contributed by atoms with van der Waals surface area (Å²) in [4.78, 5) is 12.7. The van der Waals surface area contributed by atoms with Gasteiger partial charge in [0.25, 0.3) is 5.91 Å². The third-order valence-corrected chi connectivity index (χ3v) is 6.91. The summed E-state index contributed by atoms with van der Waals surface area (Å²) >= 11 is 0. The number of amides is 1. The summed E-state index contributed by atoms with van der Waals surface area (Å²) < 4.78 is 25.9. The van der Waals surface area contributed by atoms with Gasteiger partial charge in [-0.3, -0.25) is 9.10 Å². The maximum Gasteiger partial charge on any atom is 0.251 e. The topological polar surface area (TPSA) is 66.5 Å². The Morgan fingerprint density at radius 3 is 2.44 bits per heavy atom. The van der Waals surface area contributed by atoms with E-state index in [4.69, 9.17) is 0 Å². The van der Waals surface area contributed by atoms with Crippen molar-refractivity contribution in [3.8, 4) is 0 Å². The van der Waals surface area contributed by atoms with E-state index in [0.717, 1.165) is 24.0 Å². The van der Waals surface area contributed by atoms with E-state index in [1.807, 2.05) is 38.1 Å². The second-order valence-electron chi connectivity index (χ2n) is 6.93. The van der Waals surface area contributed by atoms with Crippen LogP contribution in [0.15, 0.2) is 48.5 Å². The first-order valence-electron chi connectivity index (χ1n) is 9.39. The number of anilines is 1. The van der Waals surface area contributed by atoms with E-state index in [0.29, 0.717) is 24.2 Å². The maximum atomic E-state index is 12.7. The van der Waals surface area contributed by atoms with E-state index in [1.165, 1.54) is 4.31 Å². The fourth-order valence-corrected chi connectivity index (χ4v) is 5.12. The molecule has 0 saturated carbocycles. The second-order valence-corrected chi connectivity index (χ2v) is 8.95. The average molecular weight is 387 g/mol. The highest BCUT2D eigenvalue weighted by molar-refractivity contribution is 7.92. The Kier molecular flexibility index (Phi) is 5.85. The molecule has 3 rings (SSSR count). The standard InChI is InChI=1S/C21H26N2O3S/c1-3-20(19-9-5-4-8-16(19)2)22-21(24)17-10-12-18(13-11-17)23-14-6-7-15-27(23,25)26/h4-5,8-13,20H,3,6-7,14-15H2,1-2H3,(H,22,24). The SMILES string of the molecule is CCC(NC(=O)c1ccc(N2CCCCS2(=O)=O)cc1)c1ccccc1C. The normalized spacial score (nSPS) is 17.3. The number of nitrogens with one attached hydrogen (secondary N) is 1. The van der Waals surface area contributed by atoms with Crippen LogP contribution in [-0.2, 0) is 10.0 Å². The predicted octanol–water partition coefficient (Wildman–Crippen LogP) is 3.81. The van der Waals surface area contributed by atoms with Crippen LogP contribution in [-0.4, -0.2) is 26.6 Å². The lowest BCUT2D eigenvalue weighted by atomic mass is 9.99. The molecule has 1 heterocycles. The van der Waals surface area contributed by atoms with Crippen LogP contribution in [0.4, 0.5) is 5.69 Å². The summed E-state index contributed by atoms with van der Waals surface area (Å²) in [5.41, 5.74) is 3.41. The quantitative estimate of drug-likeness (QED) is 0.850. The van der Waals surface area contributed by atoms with Crippen LogP contribution in [0.5, 0.6) is 0 Å². The Hall–Kier alpha value is -2.34. The van der Waals surface area contributed by atoms with E-state index in [2.05, 4.69) is 5.32 Å². The molecule has 27 heavy (non-hydrogen) atoms. The van der Waals surface area contributed by atoms with Gasteiger partial charge in [-0.15, -0.1) is 0 Å². The molecule has 1 atom stereocenters. The first-order chi connectivity index (χ1) is 12.9. The largest absolute Gasteiger partial charge is 0.345 e. The molecule has 0 aliphatic carbocycles. The average Bonchev–Trinajstić information content (AvgIpc) is 2.66.